The van der Waals surface area contributed by atoms with E-state index in [1.165, 1.54) is 22.4 Å². The van der Waals surface area contributed by atoms with Gasteiger partial charge in [-0.05, 0) is 25.8 Å². The monoisotopic (exact) mass is 286 g/mol. The molecule has 0 saturated heterocycles. The van der Waals surface area contributed by atoms with E-state index >= 15 is 0 Å². The molecule has 0 atom stereocenters. The quantitative estimate of drug-likeness (QED) is 0.577. The first-order valence-corrected chi connectivity index (χ1v) is 5.08. The molecule has 2 aromatic rings. The fourth-order valence-electron chi connectivity index (χ4n) is 1.64. The van der Waals surface area contributed by atoms with Crippen molar-refractivity contribution in [2.75, 3.05) is 0 Å². The highest BCUT2D eigenvalue weighted by molar-refractivity contribution is 9.10. The molecule has 2 heterocycles. The van der Waals surface area contributed by atoms with Crippen molar-refractivity contribution in [3.8, 4) is 0 Å². The fraction of sp³-hybridized carbons (Fsp3) is 0.250. The summed E-state index contributed by atoms with van der Waals surface area (Å²) in [7, 11) is 3.03. The topological polar surface area (TPSA) is 83.0 Å². The first-order valence-electron chi connectivity index (χ1n) is 4.29. The summed E-state index contributed by atoms with van der Waals surface area (Å²) in [4.78, 5) is 25.6. The van der Waals surface area contributed by atoms with Crippen LogP contribution in [0.4, 0.5) is 5.82 Å². The van der Waals surface area contributed by atoms with Crippen molar-refractivity contribution in [2.45, 2.75) is 0 Å². The molecule has 0 aliphatic carbocycles. The third-order valence-electron chi connectivity index (χ3n) is 2.38. The number of imidazole rings is 1. The molecule has 84 valence electrons. The predicted octanol–water partition coefficient (Wildman–Crippen LogP) is 0.943. The maximum Gasteiger partial charge on any atom is 0.389 e. The van der Waals surface area contributed by atoms with Gasteiger partial charge in [0.1, 0.15) is 0 Å². The summed E-state index contributed by atoms with van der Waals surface area (Å²) in [5.74, 6) is -0.321. The number of aromatic nitrogens is 3. The van der Waals surface area contributed by atoms with Gasteiger partial charge in [-0.15, -0.1) is 0 Å². The lowest BCUT2D eigenvalue weighted by molar-refractivity contribution is -0.387. The normalized spacial score (nSPS) is 10.9. The number of aryl methyl sites for hydroxylation is 2. The van der Waals surface area contributed by atoms with Gasteiger partial charge >= 0.3 is 11.5 Å². The van der Waals surface area contributed by atoms with E-state index in [2.05, 4.69) is 20.9 Å². The van der Waals surface area contributed by atoms with Crippen molar-refractivity contribution in [1.82, 2.24) is 14.1 Å². The zero-order valence-electron chi connectivity index (χ0n) is 8.47. The van der Waals surface area contributed by atoms with Gasteiger partial charge < -0.3 is 10.1 Å². The average Bonchev–Trinajstić information content (AvgIpc) is 2.45. The van der Waals surface area contributed by atoms with Gasteiger partial charge in [0.15, 0.2) is 11.7 Å². The van der Waals surface area contributed by atoms with E-state index in [1.54, 1.807) is 7.05 Å². The molecular weight excluding hydrogens is 280 g/mol. The van der Waals surface area contributed by atoms with Gasteiger partial charge in [-0.1, -0.05) is 0 Å². The number of halogens is 1. The Morgan fingerprint density at radius 2 is 1.94 bits per heavy atom. The molecule has 7 nitrogen and oxygen atoms in total. The lowest BCUT2D eigenvalue weighted by Crippen LogP contribution is -2.19. The summed E-state index contributed by atoms with van der Waals surface area (Å²) >= 11 is 3.22. The van der Waals surface area contributed by atoms with Crippen molar-refractivity contribution in [2.24, 2.45) is 14.1 Å². The Balaban J connectivity index is 3.11. The molecule has 8 heteroatoms. The van der Waals surface area contributed by atoms with Crippen LogP contribution in [0.3, 0.4) is 0 Å². The highest BCUT2D eigenvalue weighted by Gasteiger charge is 2.23. The van der Waals surface area contributed by atoms with Crippen LogP contribution in [-0.2, 0) is 14.1 Å². The SMILES string of the molecule is Cn1c(=O)n(C)c2c([N+](=O)[O-])ncc(Br)c21. The van der Waals surface area contributed by atoms with Crippen LogP contribution in [0, 0.1) is 10.1 Å². The molecule has 2 aromatic heterocycles. The second-order valence-corrected chi connectivity index (χ2v) is 4.14. The maximum absolute atomic E-state index is 11.7. The number of nitrogens with zero attached hydrogens (tertiary/aromatic N) is 4. The largest absolute Gasteiger partial charge is 0.389 e. The molecule has 0 aliphatic rings. The van der Waals surface area contributed by atoms with Crippen LogP contribution in [0.5, 0.6) is 0 Å². The average molecular weight is 287 g/mol. The Morgan fingerprint density at radius 1 is 1.38 bits per heavy atom. The molecular formula is C8H7BrN4O3. The molecule has 2 rings (SSSR count). The number of nitro groups is 1. The minimum Gasteiger partial charge on any atom is -0.358 e. The van der Waals surface area contributed by atoms with Crippen LogP contribution in [0.25, 0.3) is 11.0 Å². The van der Waals surface area contributed by atoms with Gasteiger partial charge in [-0.2, -0.15) is 0 Å². The fourth-order valence-corrected chi connectivity index (χ4v) is 2.19. The van der Waals surface area contributed by atoms with E-state index in [1.807, 2.05) is 0 Å². The highest BCUT2D eigenvalue weighted by atomic mass is 79.9. The van der Waals surface area contributed by atoms with E-state index in [0.717, 1.165) is 0 Å². The van der Waals surface area contributed by atoms with E-state index < -0.39 is 4.92 Å². The van der Waals surface area contributed by atoms with Crippen molar-refractivity contribution in [1.29, 1.82) is 0 Å². The van der Waals surface area contributed by atoms with Gasteiger partial charge in [0.25, 0.3) is 0 Å². The van der Waals surface area contributed by atoms with Crippen LogP contribution < -0.4 is 5.69 Å². The summed E-state index contributed by atoms with van der Waals surface area (Å²) in [6, 6.07) is 0. The lowest BCUT2D eigenvalue weighted by atomic mass is 10.4. The second-order valence-electron chi connectivity index (χ2n) is 3.28. The van der Waals surface area contributed by atoms with Crippen LogP contribution in [0.2, 0.25) is 0 Å². The van der Waals surface area contributed by atoms with Gasteiger partial charge in [-0.25, -0.2) is 4.79 Å². The van der Waals surface area contributed by atoms with Crippen LogP contribution in [0.15, 0.2) is 15.5 Å². The molecule has 0 spiro atoms. The zero-order valence-corrected chi connectivity index (χ0v) is 10.1. The van der Waals surface area contributed by atoms with E-state index in [4.69, 9.17) is 0 Å². The standard InChI is InChI=1S/C8H7BrN4O3/c1-11-5-4(9)3-10-7(13(15)16)6(5)12(2)8(11)14/h3H,1-2H3. The smallest absolute Gasteiger partial charge is 0.358 e. The summed E-state index contributed by atoms with van der Waals surface area (Å²) in [6.07, 6.45) is 1.32. The molecule has 0 N–H and O–H groups in total. The number of rotatable bonds is 1. The maximum atomic E-state index is 11.7. The van der Waals surface area contributed by atoms with Gasteiger partial charge in [0.2, 0.25) is 0 Å². The lowest BCUT2D eigenvalue weighted by Gasteiger charge is -1.98. The molecule has 0 bridgehead atoms. The van der Waals surface area contributed by atoms with Crippen LogP contribution >= 0.6 is 15.9 Å². The molecule has 0 amide bonds. The van der Waals surface area contributed by atoms with Crippen molar-refractivity contribution in [3.63, 3.8) is 0 Å². The van der Waals surface area contributed by atoms with E-state index in [0.29, 0.717) is 9.99 Å². The van der Waals surface area contributed by atoms with Crippen molar-refractivity contribution in [3.05, 3.63) is 31.3 Å². The van der Waals surface area contributed by atoms with Gasteiger partial charge in [0.05, 0.1) is 9.99 Å². The third-order valence-corrected chi connectivity index (χ3v) is 2.96. The molecule has 0 saturated carbocycles. The number of hydrogen-bond donors (Lipinski definition) is 0. The third kappa shape index (κ3) is 1.26. The second kappa shape index (κ2) is 3.41. The molecule has 0 fully saturated rings. The minimum atomic E-state index is -0.603. The molecule has 16 heavy (non-hydrogen) atoms. The van der Waals surface area contributed by atoms with Gasteiger partial charge in [0, 0.05) is 14.1 Å². The molecule has 0 aromatic carbocycles. The summed E-state index contributed by atoms with van der Waals surface area (Å²) < 4.78 is 3.10. The number of fused-ring (bicyclic) bond motifs is 1. The highest BCUT2D eigenvalue weighted by Crippen LogP contribution is 2.27. The van der Waals surface area contributed by atoms with E-state index in [-0.39, 0.29) is 17.0 Å². The molecule has 0 radical (unpaired) electrons. The molecule has 0 unspecified atom stereocenters. The van der Waals surface area contributed by atoms with Crippen molar-refractivity contribution < 1.29 is 4.92 Å². The Kier molecular flexibility index (Phi) is 2.30. The first-order chi connectivity index (χ1) is 7.45. The predicted molar refractivity (Wildman–Crippen MR) is 60.3 cm³/mol. The summed E-state index contributed by atoms with van der Waals surface area (Å²) in [5.41, 5.74) is 0.355. The minimum absolute atomic E-state index is 0.215. The molecule has 0 aliphatic heterocycles. The van der Waals surface area contributed by atoms with Gasteiger partial charge in [-0.3, -0.25) is 9.13 Å². The summed E-state index contributed by atoms with van der Waals surface area (Å²) in [6.45, 7) is 0. The summed E-state index contributed by atoms with van der Waals surface area (Å²) in [5, 5.41) is 10.8. The Morgan fingerprint density at radius 3 is 2.50 bits per heavy atom. The number of hydrogen-bond acceptors (Lipinski definition) is 4. The zero-order chi connectivity index (χ0) is 12.0. The Hall–Kier alpha value is -1.70. The Bertz CT molecular complexity index is 657. The van der Waals surface area contributed by atoms with Crippen LogP contribution in [0.1, 0.15) is 0 Å². The first kappa shape index (κ1) is 10.8. The number of pyridine rings is 1. The van der Waals surface area contributed by atoms with Crippen molar-refractivity contribution >= 4 is 32.8 Å². The Labute approximate surface area is 97.6 Å². The van der Waals surface area contributed by atoms with E-state index in [9.17, 15) is 14.9 Å². The van der Waals surface area contributed by atoms with Crippen LogP contribution in [-0.4, -0.2) is 19.0 Å².